The molecule has 4 rings (SSSR count). The fourth-order valence-corrected chi connectivity index (χ4v) is 3.97. The van der Waals surface area contributed by atoms with Crippen molar-refractivity contribution in [2.24, 2.45) is 0 Å². The highest BCUT2D eigenvalue weighted by atomic mass is 16.6. The van der Waals surface area contributed by atoms with Gasteiger partial charge in [-0.3, -0.25) is 9.89 Å². The first-order chi connectivity index (χ1) is 13.1. The molecule has 1 aromatic carbocycles. The molecule has 1 atom stereocenters. The van der Waals surface area contributed by atoms with Gasteiger partial charge in [-0.1, -0.05) is 37.3 Å². The molecule has 2 saturated heterocycles. The first-order valence-corrected chi connectivity index (χ1v) is 9.38. The van der Waals surface area contributed by atoms with E-state index in [1.807, 2.05) is 23.1 Å². The van der Waals surface area contributed by atoms with Crippen LogP contribution in [-0.2, 0) is 4.74 Å². The van der Waals surface area contributed by atoms with Crippen LogP contribution in [0.5, 0.6) is 0 Å². The number of piperidine rings is 1. The Morgan fingerprint density at radius 3 is 2.67 bits per heavy atom. The van der Waals surface area contributed by atoms with Crippen LogP contribution in [0.1, 0.15) is 41.7 Å². The lowest BCUT2D eigenvalue weighted by Gasteiger charge is -2.37. The summed E-state index contributed by atoms with van der Waals surface area (Å²) in [6.07, 6.45) is 2.65. The summed E-state index contributed by atoms with van der Waals surface area (Å²) in [6.45, 7) is 4.51. The van der Waals surface area contributed by atoms with Gasteiger partial charge in [0.15, 0.2) is 0 Å². The van der Waals surface area contributed by atoms with Crippen LogP contribution in [0.4, 0.5) is 4.79 Å². The molecule has 27 heavy (non-hydrogen) atoms. The van der Waals surface area contributed by atoms with Crippen molar-refractivity contribution in [3.05, 3.63) is 53.9 Å². The molecular weight excluding hydrogens is 344 g/mol. The number of nitrogens with one attached hydrogen (secondary N) is 1. The molecule has 142 valence electrons. The van der Waals surface area contributed by atoms with Gasteiger partial charge in [0.2, 0.25) is 0 Å². The van der Waals surface area contributed by atoms with E-state index in [1.165, 1.54) is 5.56 Å². The number of aromatic nitrogens is 2. The van der Waals surface area contributed by atoms with Crippen LogP contribution < -0.4 is 0 Å². The minimum absolute atomic E-state index is 0.0544. The summed E-state index contributed by atoms with van der Waals surface area (Å²) in [6, 6.07) is 11.9. The Hall–Kier alpha value is -2.83. The van der Waals surface area contributed by atoms with E-state index in [-0.39, 0.29) is 17.9 Å². The lowest BCUT2D eigenvalue weighted by Crippen LogP contribution is -2.49. The molecule has 1 aromatic heterocycles. The number of aromatic amines is 1. The Morgan fingerprint density at radius 1 is 1.26 bits per heavy atom. The van der Waals surface area contributed by atoms with E-state index in [0.717, 1.165) is 0 Å². The average Bonchev–Trinajstić information content (AvgIpc) is 3.32. The maximum Gasteiger partial charge on any atom is 0.410 e. The minimum Gasteiger partial charge on any atom is -0.441 e. The Kier molecular flexibility index (Phi) is 4.59. The minimum atomic E-state index is -0.474. The number of ether oxygens (including phenoxy) is 1. The molecule has 2 aliphatic rings. The zero-order valence-electron chi connectivity index (χ0n) is 15.4. The van der Waals surface area contributed by atoms with E-state index in [9.17, 15) is 9.59 Å². The summed E-state index contributed by atoms with van der Waals surface area (Å²) >= 11 is 0. The Labute approximate surface area is 158 Å². The molecular formula is C20H24N4O3. The van der Waals surface area contributed by atoms with E-state index in [0.29, 0.717) is 44.7 Å². The van der Waals surface area contributed by atoms with Crippen LogP contribution in [0.2, 0.25) is 0 Å². The fourth-order valence-electron chi connectivity index (χ4n) is 3.97. The molecule has 0 saturated carbocycles. The zero-order valence-corrected chi connectivity index (χ0v) is 15.4. The molecule has 2 aromatic rings. The third kappa shape index (κ3) is 3.54. The largest absolute Gasteiger partial charge is 0.441 e. The van der Waals surface area contributed by atoms with Crippen LogP contribution in [0, 0.1) is 0 Å². The van der Waals surface area contributed by atoms with Gasteiger partial charge in [-0.05, 0) is 17.5 Å². The molecule has 2 amide bonds. The summed E-state index contributed by atoms with van der Waals surface area (Å²) in [7, 11) is 0. The van der Waals surface area contributed by atoms with E-state index in [2.05, 4.69) is 29.3 Å². The topological polar surface area (TPSA) is 78.5 Å². The number of amides is 2. The average molecular weight is 368 g/mol. The Bertz CT molecular complexity index is 798. The van der Waals surface area contributed by atoms with Crippen LogP contribution >= 0.6 is 0 Å². The van der Waals surface area contributed by atoms with Crippen molar-refractivity contribution >= 4 is 12.0 Å². The number of carbonyl (C=O) groups excluding carboxylic acids is 2. The third-order valence-corrected chi connectivity index (χ3v) is 5.60. The molecule has 0 bridgehead atoms. The normalized spacial score (nSPS) is 20.0. The summed E-state index contributed by atoms with van der Waals surface area (Å²) in [5, 5.41) is 6.54. The number of hydrogen-bond acceptors (Lipinski definition) is 4. The number of H-pyrrole nitrogens is 1. The van der Waals surface area contributed by atoms with E-state index < -0.39 is 5.60 Å². The monoisotopic (exact) mass is 368 g/mol. The van der Waals surface area contributed by atoms with Crippen LogP contribution in [0.3, 0.4) is 0 Å². The molecule has 7 heteroatoms. The van der Waals surface area contributed by atoms with Crippen molar-refractivity contribution in [1.82, 2.24) is 20.0 Å². The molecule has 0 aliphatic carbocycles. The Morgan fingerprint density at radius 2 is 2.00 bits per heavy atom. The van der Waals surface area contributed by atoms with Gasteiger partial charge in [0, 0.05) is 38.7 Å². The lowest BCUT2D eigenvalue weighted by molar-refractivity contribution is 0.00296. The Balaban J connectivity index is 1.36. The van der Waals surface area contributed by atoms with Crippen molar-refractivity contribution in [3.63, 3.8) is 0 Å². The summed E-state index contributed by atoms with van der Waals surface area (Å²) < 4.78 is 5.79. The smallest absolute Gasteiger partial charge is 0.410 e. The second kappa shape index (κ2) is 7.06. The van der Waals surface area contributed by atoms with Gasteiger partial charge >= 0.3 is 6.09 Å². The molecule has 0 radical (unpaired) electrons. The van der Waals surface area contributed by atoms with Crippen LogP contribution in [0.15, 0.2) is 42.6 Å². The first kappa shape index (κ1) is 17.6. The summed E-state index contributed by atoms with van der Waals surface area (Å²) in [5.74, 6) is 0.192. The zero-order chi connectivity index (χ0) is 18.9. The van der Waals surface area contributed by atoms with Crippen LogP contribution in [-0.4, -0.2) is 63.8 Å². The van der Waals surface area contributed by atoms with E-state index >= 15 is 0 Å². The second-order valence-electron chi connectivity index (χ2n) is 7.51. The van der Waals surface area contributed by atoms with Gasteiger partial charge < -0.3 is 14.5 Å². The summed E-state index contributed by atoms with van der Waals surface area (Å²) in [4.78, 5) is 28.5. The molecule has 1 spiro atoms. The number of hydrogen-bond donors (Lipinski definition) is 1. The second-order valence-corrected chi connectivity index (χ2v) is 7.51. The highest BCUT2D eigenvalue weighted by Crippen LogP contribution is 2.34. The van der Waals surface area contributed by atoms with Gasteiger partial charge in [-0.15, -0.1) is 0 Å². The van der Waals surface area contributed by atoms with Crippen molar-refractivity contribution in [3.8, 4) is 0 Å². The molecule has 0 unspecified atom stereocenters. The van der Waals surface area contributed by atoms with Crippen molar-refractivity contribution in [2.45, 2.75) is 31.3 Å². The first-order valence-electron chi connectivity index (χ1n) is 9.38. The van der Waals surface area contributed by atoms with Crippen molar-refractivity contribution < 1.29 is 14.3 Å². The predicted octanol–water partition coefficient (Wildman–Crippen LogP) is 2.64. The van der Waals surface area contributed by atoms with Crippen molar-refractivity contribution in [2.75, 3.05) is 26.2 Å². The van der Waals surface area contributed by atoms with Gasteiger partial charge in [0.25, 0.3) is 5.91 Å². The lowest BCUT2D eigenvalue weighted by atomic mass is 9.90. The maximum atomic E-state index is 12.4. The van der Waals surface area contributed by atoms with Gasteiger partial charge in [0.05, 0.1) is 6.54 Å². The van der Waals surface area contributed by atoms with E-state index in [4.69, 9.17) is 4.74 Å². The number of likely N-dealkylation sites (tertiary alicyclic amines) is 1. The van der Waals surface area contributed by atoms with E-state index in [1.54, 1.807) is 17.2 Å². The molecule has 7 nitrogen and oxygen atoms in total. The van der Waals surface area contributed by atoms with Gasteiger partial charge in [-0.2, -0.15) is 5.10 Å². The number of rotatable bonds is 4. The van der Waals surface area contributed by atoms with Gasteiger partial charge in [0.1, 0.15) is 11.3 Å². The third-order valence-electron chi connectivity index (χ3n) is 5.60. The number of carbonyl (C=O) groups is 2. The molecule has 2 aliphatic heterocycles. The maximum absolute atomic E-state index is 12.4. The van der Waals surface area contributed by atoms with Gasteiger partial charge in [-0.25, -0.2) is 4.79 Å². The van der Waals surface area contributed by atoms with Crippen LogP contribution in [0.25, 0.3) is 0 Å². The fraction of sp³-hybridized carbons (Fsp3) is 0.450. The molecule has 1 N–H and O–H groups in total. The quantitative estimate of drug-likeness (QED) is 0.900. The number of benzene rings is 1. The standard InChI is InChI=1S/C20H24N4O3/c1-15(16-5-3-2-4-6-16)13-24-14-20(27-19(24)26)8-11-23(12-9-20)18(25)17-7-10-21-22-17/h2-7,10,15H,8-9,11-14H2,1H3,(H,21,22)/t15-/m0/s1. The molecule has 2 fully saturated rings. The predicted molar refractivity (Wildman–Crippen MR) is 99.4 cm³/mol. The highest BCUT2D eigenvalue weighted by molar-refractivity contribution is 5.92. The summed E-state index contributed by atoms with van der Waals surface area (Å²) in [5.41, 5.74) is 1.23. The highest BCUT2D eigenvalue weighted by Gasteiger charge is 2.47. The van der Waals surface area contributed by atoms with Crippen molar-refractivity contribution in [1.29, 1.82) is 0 Å². The number of nitrogens with zero attached hydrogens (tertiary/aromatic N) is 3. The SMILES string of the molecule is C[C@@H](CN1CC2(CCN(C(=O)c3ccn[nH]3)CC2)OC1=O)c1ccccc1. The molecule has 3 heterocycles.